The number of hydrogen-bond acceptors (Lipinski definition) is 2. The van der Waals surface area contributed by atoms with Gasteiger partial charge in [0.15, 0.2) is 0 Å². The Hall–Kier alpha value is -1.03. The molecule has 14 heavy (non-hydrogen) atoms. The minimum Gasteiger partial charge on any atom is -0.312 e. The first kappa shape index (κ1) is 9.52. The maximum absolute atomic E-state index is 11.5. The first-order chi connectivity index (χ1) is 6.68. The van der Waals surface area contributed by atoms with E-state index in [4.69, 9.17) is 0 Å². The lowest BCUT2D eigenvalue weighted by Gasteiger charge is -2.16. The van der Waals surface area contributed by atoms with Gasteiger partial charge in [0.05, 0.1) is 5.56 Å². The molecule has 1 aliphatic rings. The maximum Gasteiger partial charge on any atom is 0.268 e. The molecule has 0 saturated carbocycles. The van der Waals surface area contributed by atoms with E-state index in [1.165, 1.54) is 5.69 Å². The van der Waals surface area contributed by atoms with Crippen LogP contribution < -0.4 is 10.9 Å². The van der Waals surface area contributed by atoms with Crippen LogP contribution in [0.3, 0.4) is 0 Å². The summed E-state index contributed by atoms with van der Waals surface area (Å²) in [6, 6.07) is 0. The van der Waals surface area contributed by atoms with Crippen LogP contribution in [0, 0.1) is 5.92 Å². The average Bonchev–Trinajstić information content (AvgIpc) is 2.44. The molecule has 0 aromatic carbocycles. The highest BCUT2D eigenvalue weighted by molar-refractivity contribution is 5.20. The molecule has 0 amide bonds. The van der Waals surface area contributed by atoms with E-state index >= 15 is 0 Å². The Morgan fingerprint density at radius 2 is 2.29 bits per heavy atom. The van der Waals surface area contributed by atoms with Gasteiger partial charge in [-0.15, -0.1) is 0 Å². The van der Waals surface area contributed by atoms with Gasteiger partial charge in [-0.05, 0) is 5.92 Å². The van der Waals surface area contributed by atoms with Gasteiger partial charge >= 0.3 is 0 Å². The van der Waals surface area contributed by atoms with E-state index in [-0.39, 0.29) is 5.56 Å². The van der Waals surface area contributed by atoms with Crippen molar-refractivity contribution in [1.29, 1.82) is 0 Å². The molecule has 0 unspecified atom stereocenters. The van der Waals surface area contributed by atoms with Gasteiger partial charge in [0.2, 0.25) is 0 Å². The van der Waals surface area contributed by atoms with Gasteiger partial charge < -0.3 is 5.32 Å². The van der Waals surface area contributed by atoms with Gasteiger partial charge in [0.1, 0.15) is 0 Å². The fourth-order valence-corrected chi connectivity index (χ4v) is 1.96. The first-order valence-electron chi connectivity index (χ1n) is 5.19. The lowest BCUT2D eigenvalue weighted by Crippen LogP contribution is -2.27. The SMILES string of the molecule is CC(C)Cn1[nH]c(=O)c2c1CCNC2. The fraction of sp³-hybridized carbons (Fsp3) is 0.700. The highest BCUT2D eigenvalue weighted by Crippen LogP contribution is 2.10. The fourth-order valence-electron chi connectivity index (χ4n) is 1.96. The molecule has 0 saturated heterocycles. The van der Waals surface area contributed by atoms with E-state index in [2.05, 4.69) is 24.3 Å². The molecule has 2 rings (SSSR count). The molecule has 0 fully saturated rings. The topological polar surface area (TPSA) is 49.8 Å². The summed E-state index contributed by atoms with van der Waals surface area (Å²) in [7, 11) is 0. The van der Waals surface area contributed by atoms with Crippen molar-refractivity contribution in [2.45, 2.75) is 33.4 Å². The Bertz CT molecular complexity index is 375. The van der Waals surface area contributed by atoms with Gasteiger partial charge in [0.25, 0.3) is 5.56 Å². The maximum atomic E-state index is 11.5. The van der Waals surface area contributed by atoms with E-state index in [1.807, 2.05) is 4.68 Å². The van der Waals surface area contributed by atoms with E-state index < -0.39 is 0 Å². The number of fused-ring (bicyclic) bond motifs is 1. The lowest BCUT2D eigenvalue weighted by atomic mass is 10.1. The molecule has 0 spiro atoms. The third-order valence-corrected chi connectivity index (χ3v) is 2.57. The van der Waals surface area contributed by atoms with Crippen molar-refractivity contribution in [1.82, 2.24) is 15.1 Å². The van der Waals surface area contributed by atoms with Crippen molar-refractivity contribution >= 4 is 0 Å². The highest BCUT2D eigenvalue weighted by atomic mass is 16.1. The summed E-state index contributed by atoms with van der Waals surface area (Å²) in [6.07, 6.45) is 0.959. The molecule has 2 heterocycles. The Labute approximate surface area is 83.3 Å². The van der Waals surface area contributed by atoms with E-state index in [9.17, 15) is 4.79 Å². The van der Waals surface area contributed by atoms with Crippen LogP contribution in [-0.4, -0.2) is 16.3 Å². The van der Waals surface area contributed by atoms with Crippen LogP contribution in [-0.2, 0) is 19.5 Å². The predicted molar refractivity (Wildman–Crippen MR) is 55.3 cm³/mol. The van der Waals surface area contributed by atoms with Crippen molar-refractivity contribution < 1.29 is 0 Å². The van der Waals surface area contributed by atoms with Crippen molar-refractivity contribution in [3.63, 3.8) is 0 Å². The quantitative estimate of drug-likeness (QED) is 0.721. The molecule has 0 bridgehead atoms. The highest BCUT2D eigenvalue weighted by Gasteiger charge is 2.17. The van der Waals surface area contributed by atoms with Crippen LogP contribution in [0.25, 0.3) is 0 Å². The van der Waals surface area contributed by atoms with E-state index in [0.717, 1.165) is 31.6 Å². The molecule has 2 N–H and O–H groups in total. The van der Waals surface area contributed by atoms with Gasteiger partial charge in [-0.25, -0.2) is 0 Å². The number of aromatic amines is 1. The van der Waals surface area contributed by atoms with Gasteiger partial charge in [-0.2, -0.15) is 0 Å². The van der Waals surface area contributed by atoms with Crippen LogP contribution in [0.5, 0.6) is 0 Å². The van der Waals surface area contributed by atoms with Crippen molar-refractivity contribution in [2.24, 2.45) is 5.92 Å². The van der Waals surface area contributed by atoms with Crippen molar-refractivity contribution in [3.8, 4) is 0 Å². The summed E-state index contributed by atoms with van der Waals surface area (Å²) >= 11 is 0. The van der Waals surface area contributed by atoms with Gasteiger partial charge in [0, 0.05) is 31.7 Å². The molecule has 1 aromatic heterocycles. The summed E-state index contributed by atoms with van der Waals surface area (Å²) in [6.45, 7) is 6.92. The zero-order valence-electron chi connectivity index (χ0n) is 8.76. The van der Waals surface area contributed by atoms with Gasteiger partial charge in [-0.3, -0.25) is 14.6 Å². The standard InChI is InChI=1S/C10H17N3O/c1-7(2)6-13-9-3-4-11-5-8(9)10(14)12-13/h7,11H,3-6H2,1-2H3,(H,12,14). The third kappa shape index (κ3) is 1.62. The number of hydrogen-bond donors (Lipinski definition) is 2. The van der Waals surface area contributed by atoms with Crippen molar-refractivity contribution in [3.05, 3.63) is 21.6 Å². The Morgan fingerprint density at radius 1 is 1.50 bits per heavy atom. The lowest BCUT2D eigenvalue weighted by molar-refractivity contribution is 0.459. The number of rotatable bonds is 2. The summed E-state index contributed by atoms with van der Waals surface area (Å²) in [5.74, 6) is 0.567. The van der Waals surface area contributed by atoms with Crippen LogP contribution in [0.1, 0.15) is 25.1 Å². The van der Waals surface area contributed by atoms with Crippen LogP contribution >= 0.6 is 0 Å². The summed E-state index contributed by atoms with van der Waals surface area (Å²) < 4.78 is 2.02. The number of aromatic nitrogens is 2. The Balaban J connectivity index is 2.36. The molecular formula is C10H17N3O. The molecule has 78 valence electrons. The molecule has 0 atom stereocenters. The van der Waals surface area contributed by atoms with E-state index in [0.29, 0.717) is 5.92 Å². The number of H-pyrrole nitrogens is 1. The van der Waals surface area contributed by atoms with Crippen LogP contribution in [0.4, 0.5) is 0 Å². The third-order valence-electron chi connectivity index (χ3n) is 2.57. The second-order valence-corrected chi connectivity index (χ2v) is 4.30. The zero-order valence-corrected chi connectivity index (χ0v) is 8.76. The molecule has 1 aliphatic heterocycles. The summed E-state index contributed by atoms with van der Waals surface area (Å²) in [5, 5.41) is 6.12. The monoisotopic (exact) mass is 195 g/mol. The van der Waals surface area contributed by atoms with Crippen molar-refractivity contribution in [2.75, 3.05) is 6.54 Å². The smallest absolute Gasteiger partial charge is 0.268 e. The molecule has 0 radical (unpaired) electrons. The predicted octanol–water partition coefficient (Wildman–Crippen LogP) is 0.478. The Morgan fingerprint density at radius 3 is 3.00 bits per heavy atom. The molecular weight excluding hydrogens is 178 g/mol. The second kappa shape index (κ2) is 3.61. The summed E-state index contributed by atoms with van der Waals surface area (Å²) in [5.41, 5.74) is 2.20. The minimum atomic E-state index is 0.0767. The average molecular weight is 195 g/mol. The molecule has 0 aliphatic carbocycles. The van der Waals surface area contributed by atoms with Gasteiger partial charge in [-0.1, -0.05) is 13.8 Å². The second-order valence-electron chi connectivity index (χ2n) is 4.30. The number of nitrogens with zero attached hydrogens (tertiary/aromatic N) is 1. The first-order valence-corrected chi connectivity index (χ1v) is 5.19. The zero-order chi connectivity index (χ0) is 10.1. The molecule has 4 heteroatoms. The van der Waals surface area contributed by atoms with Crippen LogP contribution in [0.2, 0.25) is 0 Å². The molecule has 4 nitrogen and oxygen atoms in total. The number of nitrogens with one attached hydrogen (secondary N) is 2. The Kier molecular flexibility index (Phi) is 2.46. The van der Waals surface area contributed by atoms with E-state index in [1.54, 1.807) is 0 Å². The van der Waals surface area contributed by atoms with Crippen LogP contribution in [0.15, 0.2) is 4.79 Å². The normalized spacial score (nSPS) is 15.9. The minimum absolute atomic E-state index is 0.0767. The largest absolute Gasteiger partial charge is 0.312 e. The molecule has 1 aromatic rings. The summed E-state index contributed by atoms with van der Waals surface area (Å²) in [4.78, 5) is 11.5.